The second-order valence-corrected chi connectivity index (χ2v) is 6.39. The molecule has 1 atom stereocenters. The van der Waals surface area contributed by atoms with Gasteiger partial charge in [-0.05, 0) is 25.2 Å². The Kier molecular flexibility index (Phi) is 4.26. The van der Waals surface area contributed by atoms with Gasteiger partial charge in [-0.2, -0.15) is 5.26 Å². The van der Waals surface area contributed by atoms with E-state index in [1.165, 1.54) is 0 Å². The largest absolute Gasteiger partial charge is 0.368 e. The van der Waals surface area contributed by atoms with E-state index in [1.807, 2.05) is 18.0 Å². The van der Waals surface area contributed by atoms with E-state index >= 15 is 0 Å². The maximum atomic E-state index is 12.5. The van der Waals surface area contributed by atoms with Crippen LogP contribution in [0.2, 0.25) is 0 Å². The van der Waals surface area contributed by atoms with Gasteiger partial charge in [-0.25, -0.2) is 0 Å². The second kappa shape index (κ2) is 6.23. The molecule has 3 rings (SSSR count). The number of morpholine rings is 1. The number of carbonyl (C=O) groups excluding carboxylic acids is 2. The van der Waals surface area contributed by atoms with E-state index in [2.05, 4.69) is 5.32 Å². The van der Waals surface area contributed by atoms with Gasteiger partial charge in [0, 0.05) is 19.2 Å². The summed E-state index contributed by atoms with van der Waals surface area (Å²) >= 11 is 0. The van der Waals surface area contributed by atoms with E-state index in [1.54, 1.807) is 36.2 Å². The third-order valence-electron chi connectivity index (χ3n) is 4.65. The number of rotatable bonds is 2. The van der Waals surface area contributed by atoms with E-state index in [0.29, 0.717) is 37.4 Å². The topological polar surface area (TPSA) is 85.7 Å². The molecular formula is C17H20N4O3. The van der Waals surface area contributed by atoms with Gasteiger partial charge in [-0.1, -0.05) is 6.07 Å². The van der Waals surface area contributed by atoms with Crippen LogP contribution in [0.3, 0.4) is 0 Å². The fourth-order valence-corrected chi connectivity index (χ4v) is 3.32. The van der Waals surface area contributed by atoms with Crippen molar-refractivity contribution in [1.82, 2.24) is 15.1 Å². The minimum atomic E-state index is -0.401. The second-order valence-electron chi connectivity index (χ2n) is 6.39. The SMILES string of the molecule is CNC(=O)[C@H]1COC2(CN(C(=O)c3cccc(C#N)c3)C2)CN1C. The van der Waals surface area contributed by atoms with Crippen molar-refractivity contribution in [2.75, 3.05) is 40.3 Å². The Morgan fingerprint density at radius 1 is 1.38 bits per heavy atom. The number of hydrogen-bond acceptors (Lipinski definition) is 5. The number of hydrogen-bond donors (Lipinski definition) is 1. The highest BCUT2D eigenvalue weighted by atomic mass is 16.5. The van der Waals surface area contributed by atoms with Crippen molar-refractivity contribution in [3.8, 4) is 6.07 Å². The lowest BCUT2D eigenvalue weighted by atomic mass is 9.90. The molecule has 2 heterocycles. The van der Waals surface area contributed by atoms with Crippen LogP contribution in [-0.2, 0) is 9.53 Å². The van der Waals surface area contributed by atoms with Gasteiger partial charge in [0.25, 0.3) is 5.91 Å². The first-order valence-corrected chi connectivity index (χ1v) is 7.83. The van der Waals surface area contributed by atoms with Gasteiger partial charge in [-0.3, -0.25) is 14.5 Å². The normalized spacial score (nSPS) is 22.5. The minimum Gasteiger partial charge on any atom is -0.368 e. The summed E-state index contributed by atoms with van der Waals surface area (Å²) in [5.41, 5.74) is 0.580. The lowest BCUT2D eigenvalue weighted by Gasteiger charge is -2.54. The maximum absolute atomic E-state index is 12.5. The van der Waals surface area contributed by atoms with Gasteiger partial charge >= 0.3 is 0 Å². The molecular weight excluding hydrogens is 308 g/mol. The first-order chi connectivity index (χ1) is 11.5. The molecule has 1 spiro atoms. The van der Waals surface area contributed by atoms with Crippen LogP contribution in [0.1, 0.15) is 15.9 Å². The molecule has 0 aromatic heterocycles. The Labute approximate surface area is 140 Å². The molecule has 0 radical (unpaired) electrons. The third kappa shape index (κ3) is 2.86. The summed E-state index contributed by atoms with van der Waals surface area (Å²) in [7, 11) is 3.50. The molecule has 1 aromatic carbocycles. The Balaban J connectivity index is 1.62. The molecule has 24 heavy (non-hydrogen) atoms. The Morgan fingerprint density at radius 3 is 2.75 bits per heavy atom. The number of carbonyl (C=O) groups is 2. The van der Waals surface area contributed by atoms with Crippen LogP contribution in [0.4, 0.5) is 0 Å². The molecule has 2 fully saturated rings. The number of ether oxygens (including phenoxy) is 1. The number of nitrogens with zero attached hydrogens (tertiary/aromatic N) is 3. The number of amides is 2. The van der Waals surface area contributed by atoms with Crippen molar-refractivity contribution in [2.45, 2.75) is 11.6 Å². The summed E-state index contributed by atoms with van der Waals surface area (Å²) in [4.78, 5) is 28.0. The van der Waals surface area contributed by atoms with Crippen LogP contribution < -0.4 is 5.32 Å². The zero-order valence-corrected chi connectivity index (χ0v) is 13.8. The smallest absolute Gasteiger partial charge is 0.254 e. The van der Waals surface area contributed by atoms with Crippen molar-refractivity contribution in [2.24, 2.45) is 0 Å². The molecule has 2 amide bonds. The molecule has 0 unspecified atom stereocenters. The molecule has 2 saturated heterocycles. The molecule has 7 nitrogen and oxygen atoms in total. The summed E-state index contributed by atoms with van der Waals surface area (Å²) in [5.74, 6) is -0.162. The monoisotopic (exact) mass is 328 g/mol. The fraction of sp³-hybridized carbons (Fsp3) is 0.471. The van der Waals surface area contributed by atoms with Crippen LogP contribution in [-0.4, -0.2) is 73.6 Å². The summed E-state index contributed by atoms with van der Waals surface area (Å²) in [6.07, 6.45) is 0. The van der Waals surface area contributed by atoms with E-state index in [-0.39, 0.29) is 17.9 Å². The Hall–Kier alpha value is -2.43. The van der Waals surface area contributed by atoms with Gasteiger partial charge in [-0.15, -0.1) is 0 Å². The summed E-state index contributed by atoms with van der Waals surface area (Å²) in [5, 5.41) is 11.6. The molecule has 0 bridgehead atoms. The fourth-order valence-electron chi connectivity index (χ4n) is 3.32. The first kappa shape index (κ1) is 16.4. The lowest BCUT2D eigenvalue weighted by molar-refractivity contribution is -0.187. The number of nitrogens with one attached hydrogen (secondary N) is 1. The van der Waals surface area contributed by atoms with Crippen molar-refractivity contribution in [1.29, 1.82) is 5.26 Å². The summed E-state index contributed by atoms with van der Waals surface area (Å²) in [6, 6.07) is 8.44. The van der Waals surface area contributed by atoms with Crippen LogP contribution in [0.5, 0.6) is 0 Å². The zero-order valence-electron chi connectivity index (χ0n) is 13.8. The minimum absolute atomic E-state index is 0.0621. The molecule has 2 aliphatic rings. The molecule has 7 heteroatoms. The Bertz CT molecular complexity index is 706. The van der Waals surface area contributed by atoms with Gasteiger partial charge in [0.15, 0.2) is 0 Å². The van der Waals surface area contributed by atoms with Gasteiger partial charge in [0.2, 0.25) is 5.91 Å². The maximum Gasteiger partial charge on any atom is 0.254 e. The molecule has 1 aromatic rings. The van der Waals surface area contributed by atoms with Crippen molar-refractivity contribution < 1.29 is 14.3 Å². The van der Waals surface area contributed by atoms with Crippen LogP contribution in [0.15, 0.2) is 24.3 Å². The van der Waals surface area contributed by atoms with E-state index in [4.69, 9.17) is 10.00 Å². The number of likely N-dealkylation sites (N-methyl/N-ethyl adjacent to an activating group) is 2. The van der Waals surface area contributed by atoms with Gasteiger partial charge < -0.3 is 15.0 Å². The predicted octanol–water partition coefficient (Wildman–Crippen LogP) is -0.171. The molecule has 126 valence electrons. The third-order valence-corrected chi connectivity index (χ3v) is 4.65. The summed E-state index contributed by atoms with van der Waals surface area (Å²) < 4.78 is 5.92. The predicted molar refractivity (Wildman–Crippen MR) is 86.2 cm³/mol. The average Bonchev–Trinajstić information content (AvgIpc) is 2.58. The van der Waals surface area contributed by atoms with E-state index < -0.39 is 5.60 Å². The molecule has 2 aliphatic heterocycles. The number of nitriles is 1. The molecule has 1 N–H and O–H groups in total. The Morgan fingerprint density at radius 2 is 2.12 bits per heavy atom. The quantitative estimate of drug-likeness (QED) is 0.815. The number of likely N-dealkylation sites (tertiary alicyclic amines) is 1. The lowest BCUT2D eigenvalue weighted by Crippen LogP contribution is -2.73. The van der Waals surface area contributed by atoms with Crippen molar-refractivity contribution in [3.63, 3.8) is 0 Å². The molecule has 0 saturated carbocycles. The highest BCUT2D eigenvalue weighted by Crippen LogP contribution is 2.31. The number of benzene rings is 1. The van der Waals surface area contributed by atoms with Gasteiger partial charge in [0.05, 0.1) is 31.3 Å². The zero-order chi connectivity index (χ0) is 17.3. The summed E-state index contributed by atoms with van der Waals surface area (Å²) in [6.45, 7) is 1.91. The highest BCUT2D eigenvalue weighted by molar-refractivity contribution is 5.95. The van der Waals surface area contributed by atoms with Crippen LogP contribution in [0.25, 0.3) is 0 Å². The molecule has 0 aliphatic carbocycles. The van der Waals surface area contributed by atoms with E-state index in [9.17, 15) is 9.59 Å². The van der Waals surface area contributed by atoms with Gasteiger partial charge in [0.1, 0.15) is 11.6 Å². The first-order valence-electron chi connectivity index (χ1n) is 7.83. The average molecular weight is 328 g/mol. The van der Waals surface area contributed by atoms with Crippen molar-refractivity contribution in [3.05, 3.63) is 35.4 Å². The highest BCUT2D eigenvalue weighted by Gasteiger charge is 2.51. The van der Waals surface area contributed by atoms with Crippen LogP contribution in [0, 0.1) is 11.3 Å². The van der Waals surface area contributed by atoms with E-state index in [0.717, 1.165) is 0 Å². The van der Waals surface area contributed by atoms with Crippen LogP contribution >= 0.6 is 0 Å². The standard InChI is InChI=1S/C17H20N4O3/c1-19-15(22)14-8-24-17(9-20(14)2)10-21(11-17)16(23)13-5-3-4-12(6-13)7-18/h3-6,14H,8-11H2,1-2H3,(H,19,22)/t14-/m1/s1. The van der Waals surface area contributed by atoms with Crippen molar-refractivity contribution >= 4 is 11.8 Å².